The zero-order valence-electron chi connectivity index (χ0n) is 5.16. The van der Waals surface area contributed by atoms with Crippen LogP contribution in [0.3, 0.4) is 0 Å². The van der Waals surface area contributed by atoms with Gasteiger partial charge in [-0.05, 0) is 6.92 Å². The van der Waals surface area contributed by atoms with E-state index in [1.54, 1.807) is 0 Å². The molecule has 0 N–H and O–H groups in total. The summed E-state index contributed by atoms with van der Waals surface area (Å²) in [6, 6.07) is 0. The summed E-state index contributed by atoms with van der Waals surface area (Å²) in [4.78, 5) is 10.6. The molecule has 6 heteroatoms. The Hall–Kier alpha value is 0.297. The van der Waals surface area contributed by atoms with Gasteiger partial charge in [0.25, 0.3) is 0 Å². The molecule has 0 heterocycles. The average molecular weight is 220 g/mol. The van der Waals surface area contributed by atoms with Gasteiger partial charge in [0.1, 0.15) is 0 Å². The number of hydrogen-bond acceptors (Lipinski definition) is 2. The van der Waals surface area contributed by atoms with Crippen LogP contribution in [0.15, 0.2) is 12.2 Å². The van der Waals surface area contributed by atoms with Gasteiger partial charge in [-0.2, -0.15) is 0 Å². The smallest absolute Gasteiger partial charge is 0.477 e. The van der Waals surface area contributed by atoms with Gasteiger partial charge in [-0.3, -0.25) is 0 Å². The summed E-state index contributed by atoms with van der Waals surface area (Å²) < 4.78 is 4.40. The highest BCUT2D eigenvalue weighted by atomic mass is 35.8. The molecule has 58 valence electrons. The Kier molecular flexibility index (Phi) is 3.73. The van der Waals surface area contributed by atoms with E-state index in [0.717, 1.165) is 0 Å². The van der Waals surface area contributed by atoms with Crippen LogP contribution in [-0.4, -0.2) is 12.2 Å². The lowest BCUT2D eigenvalue weighted by molar-refractivity contribution is -0.130. The molecule has 0 saturated heterocycles. The third-order valence-corrected chi connectivity index (χ3v) is 1.67. The molecule has 0 atom stereocenters. The van der Waals surface area contributed by atoms with Crippen LogP contribution < -0.4 is 0 Å². The van der Waals surface area contributed by atoms with Crippen molar-refractivity contribution in [3.8, 4) is 0 Å². The minimum atomic E-state index is -3.28. The first-order valence-electron chi connectivity index (χ1n) is 2.28. The van der Waals surface area contributed by atoms with Crippen LogP contribution in [0.2, 0.25) is 0 Å². The second-order valence-corrected chi connectivity index (χ2v) is 9.24. The standard InChI is InChI=1S/C4H5Cl3O2Si/c1-3(2)4(8)9-10(5,6)7/h1H2,2H3. The SMILES string of the molecule is C=C(C)C(=O)O[Si](Cl)(Cl)Cl. The summed E-state index contributed by atoms with van der Waals surface area (Å²) in [5.41, 5.74) is 0.221. The van der Waals surface area contributed by atoms with Gasteiger partial charge in [0.2, 0.25) is 0 Å². The molecular formula is C4H5Cl3O2Si. The Balaban J connectivity index is 3.93. The van der Waals surface area contributed by atoms with Gasteiger partial charge in [-0.25, -0.2) is 4.79 Å². The van der Waals surface area contributed by atoms with Gasteiger partial charge >= 0.3 is 12.2 Å². The molecule has 0 aromatic rings. The Morgan fingerprint density at radius 3 is 2.00 bits per heavy atom. The molecule has 0 rings (SSSR count). The Labute approximate surface area is 73.9 Å². The summed E-state index contributed by atoms with van der Waals surface area (Å²) in [5.74, 6) is -0.660. The van der Waals surface area contributed by atoms with Crippen LogP contribution in [0.25, 0.3) is 0 Å². The van der Waals surface area contributed by atoms with Crippen molar-refractivity contribution in [3.05, 3.63) is 12.2 Å². The van der Waals surface area contributed by atoms with Gasteiger partial charge in [0.15, 0.2) is 0 Å². The lowest BCUT2D eigenvalue weighted by Crippen LogP contribution is -2.21. The molecule has 0 aliphatic carbocycles. The van der Waals surface area contributed by atoms with Crippen LogP contribution in [0.4, 0.5) is 0 Å². The molecule has 0 fully saturated rings. The number of carbonyl (C=O) groups excluding carboxylic acids is 1. The normalized spacial score (nSPS) is 10.8. The maximum Gasteiger partial charge on any atom is 0.557 e. The maximum absolute atomic E-state index is 10.6. The maximum atomic E-state index is 10.6. The highest BCUT2D eigenvalue weighted by molar-refractivity contribution is 7.62. The second kappa shape index (κ2) is 3.62. The largest absolute Gasteiger partial charge is 0.557 e. The van der Waals surface area contributed by atoms with Crippen LogP contribution in [0.5, 0.6) is 0 Å². The van der Waals surface area contributed by atoms with E-state index in [9.17, 15) is 4.79 Å². The van der Waals surface area contributed by atoms with E-state index in [4.69, 9.17) is 33.2 Å². The molecule has 0 amide bonds. The molecule has 0 aromatic heterocycles. The van der Waals surface area contributed by atoms with E-state index in [-0.39, 0.29) is 5.57 Å². The molecule has 10 heavy (non-hydrogen) atoms. The Morgan fingerprint density at radius 2 is 1.90 bits per heavy atom. The highest BCUT2D eigenvalue weighted by Gasteiger charge is 2.32. The molecule has 2 nitrogen and oxygen atoms in total. The molecule has 0 radical (unpaired) electrons. The minimum absolute atomic E-state index is 0.221. The highest BCUT2D eigenvalue weighted by Crippen LogP contribution is 2.21. The number of rotatable bonds is 2. The van der Waals surface area contributed by atoms with Crippen LogP contribution in [0.1, 0.15) is 6.92 Å². The molecule has 0 bridgehead atoms. The monoisotopic (exact) mass is 218 g/mol. The van der Waals surface area contributed by atoms with Crippen LogP contribution in [-0.2, 0) is 9.22 Å². The third kappa shape index (κ3) is 5.11. The van der Waals surface area contributed by atoms with Gasteiger partial charge in [-0.15, -0.1) is 0 Å². The van der Waals surface area contributed by atoms with Crippen molar-refractivity contribution in [2.24, 2.45) is 0 Å². The minimum Gasteiger partial charge on any atom is -0.477 e. The third-order valence-electron chi connectivity index (χ3n) is 0.557. The van der Waals surface area contributed by atoms with Crippen molar-refractivity contribution in [1.82, 2.24) is 0 Å². The van der Waals surface area contributed by atoms with E-state index < -0.39 is 12.2 Å². The van der Waals surface area contributed by atoms with E-state index in [1.807, 2.05) is 0 Å². The zero-order chi connectivity index (χ0) is 8.36. The summed E-state index contributed by atoms with van der Waals surface area (Å²) in [5, 5.41) is 0. The van der Waals surface area contributed by atoms with Crippen molar-refractivity contribution in [2.45, 2.75) is 6.92 Å². The van der Waals surface area contributed by atoms with Gasteiger partial charge in [0, 0.05) is 5.57 Å². The van der Waals surface area contributed by atoms with Crippen molar-refractivity contribution in [3.63, 3.8) is 0 Å². The quantitative estimate of drug-likeness (QED) is 0.405. The van der Waals surface area contributed by atoms with Crippen LogP contribution in [0, 0.1) is 0 Å². The average Bonchev–Trinajstić information content (AvgIpc) is 1.60. The molecule has 0 aromatic carbocycles. The summed E-state index contributed by atoms with van der Waals surface area (Å²) in [6.07, 6.45) is -3.28. The lowest BCUT2D eigenvalue weighted by atomic mass is 10.4. The summed E-state index contributed by atoms with van der Waals surface area (Å²) in [7, 11) is 0. The second-order valence-electron chi connectivity index (χ2n) is 1.62. The molecule has 0 saturated carbocycles. The van der Waals surface area contributed by atoms with Crippen molar-refractivity contribution < 1.29 is 9.22 Å². The molecule has 0 unspecified atom stereocenters. The molecule has 0 aliphatic heterocycles. The van der Waals surface area contributed by atoms with E-state index in [1.165, 1.54) is 6.92 Å². The number of halogens is 3. The lowest BCUT2D eigenvalue weighted by Gasteiger charge is -2.08. The first-order chi connectivity index (χ1) is 4.33. The van der Waals surface area contributed by atoms with Crippen molar-refractivity contribution >= 4 is 45.5 Å². The van der Waals surface area contributed by atoms with Crippen molar-refractivity contribution in [1.29, 1.82) is 0 Å². The Bertz CT molecular complexity index is 162. The molecular weight excluding hydrogens is 214 g/mol. The molecule has 0 spiro atoms. The van der Waals surface area contributed by atoms with E-state index >= 15 is 0 Å². The summed E-state index contributed by atoms with van der Waals surface area (Å²) >= 11 is 15.8. The molecule has 0 aliphatic rings. The predicted octanol–water partition coefficient (Wildman–Crippen LogP) is 2.26. The fourth-order valence-corrected chi connectivity index (χ4v) is 1.21. The Morgan fingerprint density at radius 1 is 1.50 bits per heavy atom. The van der Waals surface area contributed by atoms with Gasteiger partial charge < -0.3 is 4.43 Å². The van der Waals surface area contributed by atoms with E-state index in [0.29, 0.717) is 0 Å². The number of hydrogen-bond donors (Lipinski definition) is 0. The number of carbonyl (C=O) groups is 1. The first kappa shape index (κ1) is 10.3. The van der Waals surface area contributed by atoms with Crippen molar-refractivity contribution in [2.75, 3.05) is 0 Å². The first-order valence-corrected chi connectivity index (χ1v) is 7.23. The fourth-order valence-electron chi connectivity index (χ4n) is 0.192. The fraction of sp³-hybridized carbons (Fsp3) is 0.250. The van der Waals surface area contributed by atoms with Crippen LogP contribution >= 0.6 is 33.2 Å². The van der Waals surface area contributed by atoms with Gasteiger partial charge in [-0.1, -0.05) is 39.8 Å². The van der Waals surface area contributed by atoms with E-state index in [2.05, 4.69) is 11.0 Å². The van der Waals surface area contributed by atoms with Gasteiger partial charge in [0.05, 0.1) is 0 Å². The zero-order valence-corrected chi connectivity index (χ0v) is 8.43. The summed E-state index contributed by atoms with van der Waals surface area (Å²) in [6.45, 7) is 4.79. The topological polar surface area (TPSA) is 26.3 Å². The predicted molar refractivity (Wildman–Crippen MR) is 44.2 cm³/mol.